The molecule has 0 bridgehead atoms. The fourth-order valence-corrected chi connectivity index (χ4v) is 1.09. The highest BCUT2D eigenvalue weighted by molar-refractivity contribution is 7.46. The highest BCUT2D eigenvalue weighted by atomic mass is 31.2. The van der Waals surface area contributed by atoms with E-state index in [1.807, 2.05) is 0 Å². The summed E-state index contributed by atoms with van der Waals surface area (Å²) < 4.78 is 13.8. The number of carbonyl (C=O) groups is 1. The largest absolute Gasteiger partial charge is 0.472 e. The first-order chi connectivity index (χ1) is 7.06. The van der Waals surface area contributed by atoms with Gasteiger partial charge in [0.25, 0.3) is 0 Å². The van der Waals surface area contributed by atoms with Crippen LogP contribution in [-0.2, 0) is 13.9 Å². The maximum absolute atomic E-state index is 10.7. The van der Waals surface area contributed by atoms with E-state index in [1.54, 1.807) is 0 Å². The molecule has 3 atom stereocenters. The van der Waals surface area contributed by atoms with Gasteiger partial charge in [-0.05, 0) is 0 Å². The van der Waals surface area contributed by atoms with Gasteiger partial charge in [-0.1, -0.05) is 0 Å². The van der Waals surface area contributed by atoms with Crippen molar-refractivity contribution >= 4 is 13.6 Å². The lowest BCUT2D eigenvalue weighted by atomic mass is 10.1. The van der Waals surface area contributed by atoms with Crippen molar-refractivity contribution in [3.63, 3.8) is 0 Å². The van der Waals surface area contributed by atoms with Crippen molar-refractivity contribution in [2.24, 2.45) is 0 Å². The second-order valence-corrected chi connectivity index (χ2v) is 3.89. The predicted octanol–water partition coefficient (Wildman–Crippen LogP) is -3.98. The Morgan fingerprint density at radius 2 is 1.50 bits per heavy atom. The van der Waals surface area contributed by atoms with E-state index < -0.39 is 38.4 Å². The van der Waals surface area contributed by atoms with Gasteiger partial charge in [-0.2, -0.15) is 0 Å². The van der Waals surface area contributed by atoms with Crippen LogP contribution in [-0.4, -0.2) is 65.9 Å². The number of ketones is 1. The Morgan fingerprint density at radius 3 is 1.81 bits per heavy atom. The lowest BCUT2D eigenvalue weighted by molar-refractivity contribution is -0.179. The van der Waals surface area contributed by atoms with Gasteiger partial charge in [0.05, 0.1) is 0 Å². The highest BCUT2D eigenvalue weighted by Gasteiger charge is 2.36. The van der Waals surface area contributed by atoms with Crippen LogP contribution in [0.5, 0.6) is 0 Å². The molecule has 0 aromatic carbocycles. The zero-order chi connectivity index (χ0) is 13.1. The highest BCUT2D eigenvalue weighted by Crippen LogP contribution is 2.37. The summed E-state index contributed by atoms with van der Waals surface area (Å²) in [5.41, 5.74) is 0. The maximum atomic E-state index is 10.7. The molecule has 0 fully saturated rings. The molecular formula is C5H11O10P. The summed E-state index contributed by atoms with van der Waals surface area (Å²) in [7, 11) is -5.13. The van der Waals surface area contributed by atoms with Crippen LogP contribution in [0.15, 0.2) is 0 Å². The van der Waals surface area contributed by atoms with Crippen LogP contribution in [0.3, 0.4) is 0 Å². The Morgan fingerprint density at radius 1 is 1.06 bits per heavy atom. The molecule has 0 heterocycles. The van der Waals surface area contributed by atoms with Gasteiger partial charge in [-0.25, -0.2) is 4.57 Å². The molecule has 16 heavy (non-hydrogen) atoms. The number of carbonyl (C=O) groups excluding carboxylic acids is 1. The standard InChI is InChI=1S/C5H11O10P/c6-1(2(7)4(9)10)3(8)5(11)15-16(12,13)14/h1,3-6,8-11H,(H2,12,13,14)/t1-,3-,5?/m1/s1. The second-order valence-electron chi connectivity index (χ2n) is 2.70. The summed E-state index contributed by atoms with van der Waals surface area (Å²) in [5, 5.41) is 43.3. The predicted molar refractivity (Wildman–Crippen MR) is 44.4 cm³/mol. The number of aliphatic hydroxyl groups is 5. The minimum absolute atomic E-state index is 1.67. The number of hydrogen-bond acceptors (Lipinski definition) is 8. The number of phosphoric acid groups is 1. The normalized spacial score (nSPS) is 18.2. The Kier molecular flexibility index (Phi) is 5.62. The van der Waals surface area contributed by atoms with Crippen molar-refractivity contribution in [3.05, 3.63) is 0 Å². The zero-order valence-electron chi connectivity index (χ0n) is 7.61. The molecule has 0 aliphatic carbocycles. The summed E-state index contributed by atoms with van der Waals surface area (Å²) in [5.74, 6) is -1.67. The molecule has 0 aliphatic rings. The monoisotopic (exact) mass is 262 g/mol. The maximum Gasteiger partial charge on any atom is 0.472 e. The van der Waals surface area contributed by atoms with Crippen LogP contribution in [0, 0.1) is 0 Å². The third kappa shape index (κ3) is 5.07. The van der Waals surface area contributed by atoms with Gasteiger partial charge in [-0.15, -0.1) is 0 Å². The summed E-state index contributed by atoms with van der Waals surface area (Å²) in [6.07, 6.45) is -10.1. The number of hydrogen-bond donors (Lipinski definition) is 7. The Labute approximate surface area is 88.6 Å². The van der Waals surface area contributed by atoms with Gasteiger partial charge >= 0.3 is 7.82 Å². The zero-order valence-corrected chi connectivity index (χ0v) is 8.51. The van der Waals surface area contributed by atoms with E-state index in [0.717, 1.165) is 0 Å². The number of rotatable bonds is 6. The minimum atomic E-state index is -5.13. The smallest absolute Gasteiger partial charge is 0.385 e. The topological polar surface area (TPSA) is 185 Å². The second kappa shape index (κ2) is 5.77. The molecule has 0 aromatic heterocycles. The van der Waals surface area contributed by atoms with E-state index in [9.17, 15) is 9.36 Å². The summed E-state index contributed by atoms with van der Waals surface area (Å²) in [6.45, 7) is 0. The average molecular weight is 262 g/mol. The van der Waals surface area contributed by atoms with E-state index in [2.05, 4.69) is 4.52 Å². The number of phosphoric ester groups is 1. The van der Waals surface area contributed by atoms with Gasteiger partial charge < -0.3 is 35.3 Å². The van der Waals surface area contributed by atoms with E-state index in [4.69, 9.17) is 35.3 Å². The molecule has 7 N–H and O–H groups in total. The molecule has 0 aliphatic heterocycles. The third-order valence-electron chi connectivity index (χ3n) is 1.41. The molecule has 1 unspecified atom stereocenters. The minimum Gasteiger partial charge on any atom is -0.385 e. The van der Waals surface area contributed by atoms with Crippen LogP contribution in [0.2, 0.25) is 0 Å². The molecule has 0 radical (unpaired) electrons. The third-order valence-corrected chi connectivity index (χ3v) is 1.90. The molecule has 0 saturated carbocycles. The molecule has 96 valence electrons. The van der Waals surface area contributed by atoms with Gasteiger partial charge in [-0.3, -0.25) is 9.32 Å². The Balaban J connectivity index is 4.49. The van der Waals surface area contributed by atoms with Crippen molar-refractivity contribution in [1.29, 1.82) is 0 Å². The summed E-state index contributed by atoms with van der Waals surface area (Å²) in [6, 6.07) is 0. The molecule has 0 saturated heterocycles. The fraction of sp³-hybridized carbons (Fsp3) is 0.800. The number of Topliss-reactive ketones (excluding diaryl/α,β-unsaturated/α-hetero) is 1. The van der Waals surface area contributed by atoms with Gasteiger partial charge in [0.1, 0.15) is 12.2 Å². The lowest BCUT2D eigenvalue weighted by Crippen LogP contribution is -2.46. The molecular weight excluding hydrogens is 251 g/mol. The quantitative estimate of drug-likeness (QED) is 0.184. The fourth-order valence-electron chi connectivity index (χ4n) is 0.680. The first-order valence-corrected chi connectivity index (χ1v) is 5.27. The van der Waals surface area contributed by atoms with Crippen LogP contribution in [0.25, 0.3) is 0 Å². The molecule has 0 rings (SSSR count). The van der Waals surface area contributed by atoms with Crippen LogP contribution in [0.1, 0.15) is 0 Å². The van der Waals surface area contributed by atoms with Crippen molar-refractivity contribution in [2.75, 3.05) is 0 Å². The van der Waals surface area contributed by atoms with Gasteiger partial charge in [0.2, 0.25) is 12.1 Å². The van der Waals surface area contributed by atoms with Gasteiger partial charge in [0, 0.05) is 0 Å². The lowest BCUT2D eigenvalue weighted by Gasteiger charge is -2.22. The molecule has 0 aromatic rings. The summed E-state index contributed by atoms with van der Waals surface area (Å²) in [4.78, 5) is 27.1. The Hall–Kier alpha value is -0.420. The van der Waals surface area contributed by atoms with Crippen molar-refractivity contribution in [2.45, 2.75) is 24.8 Å². The molecule has 11 heteroatoms. The van der Waals surface area contributed by atoms with E-state index in [0.29, 0.717) is 0 Å². The molecule has 0 spiro atoms. The van der Waals surface area contributed by atoms with Crippen LogP contribution >= 0.6 is 7.82 Å². The summed E-state index contributed by atoms with van der Waals surface area (Å²) >= 11 is 0. The molecule has 10 nitrogen and oxygen atoms in total. The first kappa shape index (κ1) is 15.6. The van der Waals surface area contributed by atoms with E-state index in [1.165, 1.54) is 0 Å². The Bertz CT molecular complexity index is 283. The number of aliphatic hydroxyl groups excluding tert-OH is 4. The van der Waals surface area contributed by atoms with Crippen molar-refractivity contribution < 1.29 is 49.2 Å². The van der Waals surface area contributed by atoms with E-state index in [-0.39, 0.29) is 0 Å². The SMILES string of the molecule is O=C(C(O)O)[C@@H](O)[C@@H](O)C(O)OP(=O)(O)O. The van der Waals surface area contributed by atoms with Gasteiger partial charge in [0.15, 0.2) is 6.29 Å². The van der Waals surface area contributed by atoms with Crippen LogP contribution in [0.4, 0.5) is 0 Å². The van der Waals surface area contributed by atoms with Crippen molar-refractivity contribution in [3.8, 4) is 0 Å². The average Bonchev–Trinajstić information content (AvgIpc) is 2.11. The first-order valence-electron chi connectivity index (χ1n) is 3.74. The van der Waals surface area contributed by atoms with Crippen molar-refractivity contribution in [1.82, 2.24) is 0 Å². The molecule has 0 amide bonds. The van der Waals surface area contributed by atoms with E-state index >= 15 is 0 Å². The van der Waals surface area contributed by atoms with Crippen LogP contribution < -0.4 is 0 Å².